The van der Waals surface area contributed by atoms with Crippen LogP contribution in [-0.4, -0.2) is 21.8 Å². The average molecular weight is 372 g/mol. The lowest BCUT2D eigenvalue weighted by Crippen LogP contribution is -2.14. The van der Waals surface area contributed by atoms with Gasteiger partial charge in [0.25, 0.3) is 5.91 Å². The SMILES string of the molecule is Cc1nn(C(C)C)c(C)c1NC(=O)c1cc(OC(C)C)c2ccsc2c1. The number of aryl methyl sites for hydroxylation is 1. The highest BCUT2D eigenvalue weighted by Crippen LogP contribution is 2.33. The molecular formula is C20H25N3O2S. The third kappa shape index (κ3) is 3.46. The number of carbonyl (C=O) groups is 1. The van der Waals surface area contributed by atoms with E-state index in [9.17, 15) is 4.79 Å². The Balaban J connectivity index is 1.96. The highest BCUT2D eigenvalue weighted by atomic mass is 32.1. The molecule has 5 nitrogen and oxygen atoms in total. The molecule has 0 aliphatic rings. The molecule has 0 unspecified atom stereocenters. The second-order valence-corrected chi connectivity index (χ2v) is 7.96. The van der Waals surface area contributed by atoms with Crippen LogP contribution in [0, 0.1) is 13.8 Å². The number of nitrogens with zero attached hydrogens (tertiary/aromatic N) is 2. The maximum atomic E-state index is 12.9. The van der Waals surface area contributed by atoms with E-state index in [2.05, 4.69) is 24.3 Å². The number of benzene rings is 1. The molecule has 2 aromatic heterocycles. The molecule has 0 aliphatic carbocycles. The van der Waals surface area contributed by atoms with Crippen molar-refractivity contribution in [3.05, 3.63) is 40.5 Å². The first-order chi connectivity index (χ1) is 12.3. The van der Waals surface area contributed by atoms with Gasteiger partial charge >= 0.3 is 0 Å². The smallest absolute Gasteiger partial charge is 0.255 e. The molecule has 6 heteroatoms. The van der Waals surface area contributed by atoms with E-state index in [1.54, 1.807) is 11.3 Å². The average Bonchev–Trinajstić information content (AvgIpc) is 3.14. The lowest BCUT2D eigenvalue weighted by atomic mass is 10.1. The zero-order valence-corrected chi connectivity index (χ0v) is 16.9. The van der Waals surface area contributed by atoms with E-state index in [0.29, 0.717) is 5.56 Å². The summed E-state index contributed by atoms with van der Waals surface area (Å²) in [5.41, 5.74) is 3.15. The van der Waals surface area contributed by atoms with Crippen molar-refractivity contribution in [3.8, 4) is 5.75 Å². The molecular weight excluding hydrogens is 346 g/mol. The largest absolute Gasteiger partial charge is 0.490 e. The molecule has 0 radical (unpaired) electrons. The number of hydrogen-bond donors (Lipinski definition) is 1. The Morgan fingerprint density at radius 3 is 2.58 bits per heavy atom. The lowest BCUT2D eigenvalue weighted by molar-refractivity contribution is 0.102. The molecule has 2 heterocycles. The van der Waals surface area contributed by atoms with Crippen LogP contribution < -0.4 is 10.1 Å². The highest BCUT2D eigenvalue weighted by molar-refractivity contribution is 7.17. The fourth-order valence-corrected chi connectivity index (χ4v) is 3.89. The van der Waals surface area contributed by atoms with Crippen molar-refractivity contribution in [2.45, 2.75) is 53.7 Å². The van der Waals surface area contributed by atoms with Crippen molar-refractivity contribution in [1.82, 2.24) is 9.78 Å². The second-order valence-electron chi connectivity index (χ2n) is 7.01. The maximum Gasteiger partial charge on any atom is 0.255 e. The van der Waals surface area contributed by atoms with Crippen LogP contribution in [0.1, 0.15) is 55.5 Å². The van der Waals surface area contributed by atoms with Gasteiger partial charge in [-0.3, -0.25) is 9.48 Å². The summed E-state index contributed by atoms with van der Waals surface area (Å²) in [6.45, 7) is 12.0. The van der Waals surface area contributed by atoms with E-state index in [1.165, 1.54) is 0 Å². The van der Waals surface area contributed by atoms with Crippen LogP contribution in [-0.2, 0) is 0 Å². The van der Waals surface area contributed by atoms with Gasteiger partial charge < -0.3 is 10.1 Å². The topological polar surface area (TPSA) is 56.2 Å². The number of nitrogens with one attached hydrogen (secondary N) is 1. The molecule has 138 valence electrons. The van der Waals surface area contributed by atoms with Gasteiger partial charge in [-0.1, -0.05) is 0 Å². The van der Waals surface area contributed by atoms with Gasteiger partial charge in [0, 0.05) is 21.7 Å². The second kappa shape index (κ2) is 7.11. The third-order valence-electron chi connectivity index (χ3n) is 4.21. The molecule has 3 aromatic rings. The predicted molar refractivity (Wildman–Crippen MR) is 108 cm³/mol. The molecule has 0 fully saturated rings. The van der Waals surface area contributed by atoms with Crippen LogP contribution in [0.25, 0.3) is 10.1 Å². The van der Waals surface area contributed by atoms with E-state index in [4.69, 9.17) is 4.74 Å². The van der Waals surface area contributed by atoms with Crippen LogP contribution in [0.5, 0.6) is 5.75 Å². The van der Waals surface area contributed by atoms with Crippen LogP contribution in [0.3, 0.4) is 0 Å². The van der Waals surface area contributed by atoms with Gasteiger partial charge in [-0.2, -0.15) is 5.10 Å². The molecule has 0 saturated heterocycles. The molecule has 1 aromatic carbocycles. The first-order valence-electron chi connectivity index (χ1n) is 8.83. The van der Waals surface area contributed by atoms with Crippen molar-refractivity contribution in [1.29, 1.82) is 0 Å². The number of ether oxygens (including phenoxy) is 1. The number of rotatable bonds is 5. The van der Waals surface area contributed by atoms with Crippen LogP contribution in [0.2, 0.25) is 0 Å². The molecule has 0 saturated carbocycles. The standard InChI is InChI=1S/C20H25N3O2S/c1-11(2)23-14(6)19(13(5)22-23)21-20(24)15-9-17(25-12(3)4)16-7-8-26-18(16)10-15/h7-12H,1-6H3,(H,21,24). The summed E-state index contributed by atoms with van der Waals surface area (Å²) < 4.78 is 8.89. The van der Waals surface area contributed by atoms with Gasteiger partial charge in [0.2, 0.25) is 0 Å². The number of thiophene rings is 1. The number of anilines is 1. The Morgan fingerprint density at radius 2 is 1.96 bits per heavy atom. The minimum atomic E-state index is -0.150. The highest BCUT2D eigenvalue weighted by Gasteiger charge is 2.18. The summed E-state index contributed by atoms with van der Waals surface area (Å²) in [6.07, 6.45) is 0.0465. The third-order valence-corrected chi connectivity index (χ3v) is 5.08. The van der Waals surface area contributed by atoms with E-state index in [0.717, 1.165) is 32.9 Å². The van der Waals surface area contributed by atoms with E-state index >= 15 is 0 Å². The molecule has 1 amide bonds. The van der Waals surface area contributed by atoms with Crippen molar-refractivity contribution in [3.63, 3.8) is 0 Å². The number of fused-ring (bicyclic) bond motifs is 1. The molecule has 0 spiro atoms. The van der Waals surface area contributed by atoms with Gasteiger partial charge in [0.05, 0.1) is 23.2 Å². The lowest BCUT2D eigenvalue weighted by Gasteiger charge is -2.13. The zero-order chi connectivity index (χ0) is 19.0. The van der Waals surface area contributed by atoms with Crippen LogP contribution in [0.4, 0.5) is 5.69 Å². The van der Waals surface area contributed by atoms with E-state index in [1.807, 2.05) is 56.0 Å². The molecule has 26 heavy (non-hydrogen) atoms. The Morgan fingerprint density at radius 1 is 1.23 bits per heavy atom. The number of aromatic nitrogens is 2. The van der Waals surface area contributed by atoms with Gasteiger partial charge in [0.15, 0.2) is 0 Å². The summed E-state index contributed by atoms with van der Waals surface area (Å²) in [5, 5.41) is 10.6. The zero-order valence-electron chi connectivity index (χ0n) is 16.1. The van der Waals surface area contributed by atoms with Crippen molar-refractivity contribution in [2.75, 3.05) is 5.32 Å². The summed E-state index contributed by atoms with van der Waals surface area (Å²) in [4.78, 5) is 12.9. The van der Waals surface area contributed by atoms with Gasteiger partial charge in [-0.25, -0.2) is 0 Å². The summed E-state index contributed by atoms with van der Waals surface area (Å²) >= 11 is 1.60. The number of hydrogen-bond acceptors (Lipinski definition) is 4. The van der Waals surface area contributed by atoms with Crippen molar-refractivity contribution >= 4 is 33.0 Å². The molecule has 1 N–H and O–H groups in total. The predicted octanol–water partition coefficient (Wildman–Crippen LogP) is 5.34. The minimum Gasteiger partial charge on any atom is -0.490 e. The monoisotopic (exact) mass is 371 g/mol. The number of amides is 1. The summed E-state index contributed by atoms with van der Waals surface area (Å²) in [5.74, 6) is 0.596. The Labute approximate surface area is 158 Å². The van der Waals surface area contributed by atoms with E-state index < -0.39 is 0 Å². The molecule has 0 aliphatic heterocycles. The first-order valence-corrected chi connectivity index (χ1v) is 9.70. The Kier molecular flexibility index (Phi) is 5.05. The Bertz CT molecular complexity index is 954. The summed E-state index contributed by atoms with van der Waals surface area (Å²) in [6, 6.07) is 6.01. The van der Waals surface area contributed by atoms with Crippen LogP contribution in [0.15, 0.2) is 23.6 Å². The quantitative estimate of drug-likeness (QED) is 0.659. The van der Waals surface area contributed by atoms with Crippen molar-refractivity contribution < 1.29 is 9.53 Å². The van der Waals surface area contributed by atoms with E-state index in [-0.39, 0.29) is 18.1 Å². The Hall–Kier alpha value is -2.34. The minimum absolute atomic E-state index is 0.0465. The van der Waals surface area contributed by atoms with Crippen molar-refractivity contribution in [2.24, 2.45) is 0 Å². The molecule has 0 bridgehead atoms. The molecule has 3 rings (SSSR count). The van der Waals surface area contributed by atoms with Gasteiger partial charge in [-0.05, 0) is 65.1 Å². The maximum absolute atomic E-state index is 12.9. The van der Waals surface area contributed by atoms with Crippen LogP contribution >= 0.6 is 11.3 Å². The normalized spacial score (nSPS) is 11.5. The van der Waals surface area contributed by atoms with Gasteiger partial charge in [-0.15, -0.1) is 11.3 Å². The summed E-state index contributed by atoms with van der Waals surface area (Å²) in [7, 11) is 0. The first kappa shape index (κ1) is 18.5. The fraction of sp³-hybridized carbons (Fsp3) is 0.400. The number of carbonyl (C=O) groups excluding carboxylic acids is 1. The fourth-order valence-electron chi connectivity index (χ4n) is 3.05. The van der Waals surface area contributed by atoms with Gasteiger partial charge in [0.1, 0.15) is 5.75 Å². The molecule has 0 atom stereocenters.